The Morgan fingerprint density at radius 1 is 0.800 bits per heavy atom. The molecule has 3 heterocycles. The Kier molecular flexibility index (Phi) is 6.05. The largest absolute Gasteiger partial charge is 0.493 e. The van der Waals surface area contributed by atoms with Gasteiger partial charge in [-0.25, -0.2) is 9.50 Å². The lowest BCUT2D eigenvalue weighted by molar-refractivity contribution is 0.0532. The maximum atomic E-state index is 13.2. The SMILES string of the molecule is COc1ccc(-c2ccnc3cc(C(=O)N4CCN(C(=O)c5ccccc5)CC4)nn23)cc1OC. The topological polar surface area (TPSA) is 89.3 Å². The molecule has 4 aromatic rings. The minimum Gasteiger partial charge on any atom is -0.493 e. The molecule has 1 fully saturated rings. The highest BCUT2D eigenvalue weighted by Crippen LogP contribution is 2.32. The summed E-state index contributed by atoms with van der Waals surface area (Å²) in [5.41, 5.74) is 3.16. The molecule has 2 aromatic carbocycles. The van der Waals surface area contributed by atoms with Gasteiger partial charge in [-0.05, 0) is 36.4 Å². The zero-order chi connectivity index (χ0) is 24.4. The number of benzene rings is 2. The summed E-state index contributed by atoms with van der Waals surface area (Å²) in [7, 11) is 3.17. The second-order valence-electron chi connectivity index (χ2n) is 8.15. The molecule has 0 unspecified atom stereocenters. The second kappa shape index (κ2) is 9.46. The third-order valence-corrected chi connectivity index (χ3v) is 6.13. The number of hydrogen-bond acceptors (Lipinski definition) is 6. The minimum absolute atomic E-state index is 0.0193. The number of aromatic nitrogens is 3. The van der Waals surface area contributed by atoms with E-state index in [-0.39, 0.29) is 11.8 Å². The summed E-state index contributed by atoms with van der Waals surface area (Å²) in [6, 6.07) is 18.3. The van der Waals surface area contributed by atoms with Crippen LogP contribution >= 0.6 is 0 Å². The number of rotatable bonds is 5. The highest BCUT2D eigenvalue weighted by Gasteiger charge is 2.27. The standard InChI is InChI=1S/C26H25N5O4/c1-34-22-9-8-19(16-23(22)35-2)21-10-11-27-24-17-20(28-31(21)24)26(33)30-14-12-29(13-15-30)25(32)18-6-4-3-5-7-18/h3-11,16-17H,12-15H2,1-2H3. The van der Waals surface area contributed by atoms with Gasteiger partial charge in [0.2, 0.25) is 0 Å². The van der Waals surface area contributed by atoms with E-state index in [1.807, 2.05) is 42.5 Å². The number of carbonyl (C=O) groups excluding carboxylic acids is 2. The second-order valence-corrected chi connectivity index (χ2v) is 8.15. The highest BCUT2D eigenvalue weighted by atomic mass is 16.5. The quantitative estimate of drug-likeness (QED) is 0.445. The average molecular weight is 472 g/mol. The number of ether oxygens (including phenoxy) is 2. The first-order valence-electron chi connectivity index (χ1n) is 11.3. The number of piperazine rings is 1. The van der Waals surface area contributed by atoms with Crippen molar-refractivity contribution in [3.05, 3.63) is 78.1 Å². The monoisotopic (exact) mass is 471 g/mol. The van der Waals surface area contributed by atoms with Crippen molar-refractivity contribution in [3.8, 4) is 22.8 Å². The van der Waals surface area contributed by atoms with Crippen molar-refractivity contribution in [2.75, 3.05) is 40.4 Å². The Bertz CT molecular complexity index is 1380. The summed E-state index contributed by atoms with van der Waals surface area (Å²) in [5.74, 6) is 1.03. The molecule has 178 valence electrons. The zero-order valence-electron chi connectivity index (χ0n) is 19.5. The third kappa shape index (κ3) is 4.28. The van der Waals surface area contributed by atoms with Crippen LogP contribution in [0.1, 0.15) is 20.8 Å². The third-order valence-electron chi connectivity index (χ3n) is 6.13. The van der Waals surface area contributed by atoms with E-state index in [9.17, 15) is 9.59 Å². The fourth-order valence-electron chi connectivity index (χ4n) is 4.25. The van der Waals surface area contributed by atoms with Crippen molar-refractivity contribution in [1.82, 2.24) is 24.4 Å². The number of fused-ring (bicyclic) bond motifs is 1. The molecule has 0 spiro atoms. The molecular formula is C26H25N5O4. The van der Waals surface area contributed by atoms with Crippen molar-refractivity contribution in [2.24, 2.45) is 0 Å². The number of hydrogen-bond donors (Lipinski definition) is 0. The molecule has 1 aliphatic rings. The predicted octanol–water partition coefficient (Wildman–Crippen LogP) is 3.01. The first-order chi connectivity index (χ1) is 17.1. The Morgan fingerprint density at radius 3 is 2.17 bits per heavy atom. The van der Waals surface area contributed by atoms with Crippen molar-refractivity contribution in [1.29, 1.82) is 0 Å². The molecule has 9 nitrogen and oxygen atoms in total. The molecule has 5 rings (SSSR count). The van der Waals surface area contributed by atoms with E-state index in [1.165, 1.54) is 0 Å². The van der Waals surface area contributed by atoms with Gasteiger partial charge < -0.3 is 19.3 Å². The molecule has 2 amide bonds. The summed E-state index contributed by atoms with van der Waals surface area (Å²) < 4.78 is 12.4. The van der Waals surface area contributed by atoms with Crippen LogP contribution in [-0.2, 0) is 0 Å². The highest BCUT2D eigenvalue weighted by molar-refractivity contribution is 5.95. The van der Waals surface area contributed by atoms with Crippen molar-refractivity contribution < 1.29 is 19.1 Å². The average Bonchev–Trinajstić information content (AvgIpc) is 3.37. The lowest BCUT2D eigenvalue weighted by Crippen LogP contribution is -2.50. The molecule has 0 atom stereocenters. The van der Waals surface area contributed by atoms with Crippen LogP contribution in [0, 0.1) is 0 Å². The van der Waals surface area contributed by atoms with Gasteiger partial charge in [0.1, 0.15) is 0 Å². The van der Waals surface area contributed by atoms with Gasteiger partial charge in [0, 0.05) is 49.6 Å². The molecule has 1 aliphatic heterocycles. The maximum absolute atomic E-state index is 13.2. The van der Waals surface area contributed by atoms with Gasteiger partial charge in [-0.1, -0.05) is 18.2 Å². The van der Waals surface area contributed by atoms with Crippen molar-refractivity contribution in [2.45, 2.75) is 0 Å². The molecule has 0 saturated carbocycles. The number of carbonyl (C=O) groups is 2. The van der Waals surface area contributed by atoms with E-state index >= 15 is 0 Å². The Morgan fingerprint density at radius 2 is 1.49 bits per heavy atom. The van der Waals surface area contributed by atoms with E-state index in [1.54, 1.807) is 52.9 Å². The van der Waals surface area contributed by atoms with Crippen LogP contribution in [0.4, 0.5) is 0 Å². The summed E-state index contributed by atoms with van der Waals surface area (Å²) in [6.45, 7) is 1.84. The molecule has 0 aliphatic carbocycles. The van der Waals surface area contributed by atoms with Gasteiger partial charge >= 0.3 is 0 Å². The number of nitrogens with zero attached hydrogens (tertiary/aromatic N) is 5. The normalized spacial score (nSPS) is 13.7. The molecular weight excluding hydrogens is 446 g/mol. The molecule has 0 radical (unpaired) electrons. The number of methoxy groups -OCH3 is 2. The van der Waals surface area contributed by atoms with Crippen LogP contribution < -0.4 is 9.47 Å². The molecule has 9 heteroatoms. The molecule has 2 aromatic heterocycles. The van der Waals surface area contributed by atoms with Gasteiger partial charge in [-0.3, -0.25) is 9.59 Å². The van der Waals surface area contributed by atoms with Crippen LogP contribution in [-0.4, -0.2) is 76.6 Å². The van der Waals surface area contributed by atoms with Gasteiger partial charge in [0.25, 0.3) is 11.8 Å². The van der Waals surface area contributed by atoms with E-state index in [0.29, 0.717) is 54.6 Å². The maximum Gasteiger partial charge on any atom is 0.274 e. The Hall–Kier alpha value is -4.40. The molecule has 0 N–H and O–H groups in total. The summed E-state index contributed by atoms with van der Waals surface area (Å²) >= 11 is 0. The molecule has 1 saturated heterocycles. The molecule has 35 heavy (non-hydrogen) atoms. The van der Waals surface area contributed by atoms with Gasteiger partial charge in [0.05, 0.1) is 19.9 Å². The predicted molar refractivity (Wildman–Crippen MR) is 130 cm³/mol. The Balaban J connectivity index is 1.35. The summed E-state index contributed by atoms with van der Waals surface area (Å²) in [6.07, 6.45) is 1.69. The Labute approximate surface area is 202 Å². The van der Waals surface area contributed by atoms with E-state index < -0.39 is 0 Å². The first kappa shape index (κ1) is 22.4. The fourth-order valence-corrected chi connectivity index (χ4v) is 4.25. The van der Waals surface area contributed by atoms with Crippen LogP contribution in [0.5, 0.6) is 11.5 Å². The van der Waals surface area contributed by atoms with E-state index in [4.69, 9.17) is 9.47 Å². The van der Waals surface area contributed by atoms with Crippen LogP contribution in [0.3, 0.4) is 0 Å². The van der Waals surface area contributed by atoms with Gasteiger partial charge in [-0.2, -0.15) is 5.10 Å². The summed E-state index contributed by atoms with van der Waals surface area (Å²) in [5, 5.41) is 4.57. The lowest BCUT2D eigenvalue weighted by atomic mass is 10.1. The van der Waals surface area contributed by atoms with Gasteiger partial charge in [0.15, 0.2) is 22.8 Å². The van der Waals surface area contributed by atoms with E-state index in [0.717, 1.165) is 11.3 Å². The van der Waals surface area contributed by atoms with E-state index in [2.05, 4.69) is 10.1 Å². The smallest absolute Gasteiger partial charge is 0.274 e. The lowest BCUT2D eigenvalue weighted by Gasteiger charge is -2.34. The minimum atomic E-state index is -0.180. The van der Waals surface area contributed by atoms with Crippen LogP contribution in [0.2, 0.25) is 0 Å². The van der Waals surface area contributed by atoms with Crippen molar-refractivity contribution in [3.63, 3.8) is 0 Å². The van der Waals surface area contributed by atoms with Crippen LogP contribution in [0.15, 0.2) is 66.9 Å². The molecule has 0 bridgehead atoms. The summed E-state index contributed by atoms with van der Waals surface area (Å²) in [4.78, 5) is 33.8. The fraction of sp³-hybridized carbons (Fsp3) is 0.231. The number of amides is 2. The first-order valence-corrected chi connectivity index (χ1v) is 11.3. The van der Waals surface area contributed by atoms with Crippen molar-refractivity contribution >= 4 is 17.5 Å². The zero-order valence-corrected chi connectivity index (χ0v) is 19.5. The van der Waals surface area contributed by atoms with Gasteiger partial charge in [-0.15, -0.1) is 0 Å². The van der Waals surface area contributed by atoms with Crippen LogP contribution in [0.25, 0.3) is 16.9 Å².